The third-order valence-corrected chi connectivity index (χ3v) is 4.12. The van der Waals surface area contributed by atoms with Crippen LogP contribution in [0.3, 0.4) is 0 Å². The summed E-state index contributed by atoms with van der Waals surface area (Å²) in [5, 5.41) is 3.36. The number of H-pyrrole nitrogens is 1. The van der Waals surface area contributed by atoms with Gasteiger partial charge in [0.15, 0.2) is 0 Å². The highest BCUT2D eigenvalue weighted by Gasteiger charge is 2.33. The Morgan fingerprint density at radius 3 is 2.50 bits per heavy atom. The molecule has 0 saturated heterocycles. The van der Waals surface area contributed by atoms with E-state index in [1.165, 1.54) is 25.3 Å². The molecule has 3 nitrogen and oxygen atoms in total. The molecule has 0 aliphatic heterocycles. The standard InChI is InChI=1S/C16H17F3N2O/c17-16(18,19)13-9-15(22)21-14-8-11(6-7-12(13)14)20-10-4-2-1-3-5-10/h6-10,20H,1-5H2,(H,21,22). The van der Waals surface area contributed by atoms with Crippen LogP contribution in [0.4, 0.5) is 18.9 Å². The number of aromatic nitrogens is 1. The molecule has 2 aromatic rings. The van der Waals surface area contributed by atoms with Crippen molar-refractivity contribution in [3.63, 3.8) is 0 Å². The summed E-state index contributed by atoms with van der Waals surface area (Å²) in [5.41, 5.74) is -0.680. The number of fused-ring (bicyclic) bond motifs is 1. The summed E-state index contributed by atoms with van der Waals surface area (Å²) < 4.78 is 39.0. The molecule has 1 saturated carbocycles. The maximum absolute atomic E-state index is 13.0. The zero-order valence-electron chi connectivity index (χ0n) is 12.0. The summed E-state index contributed by atoms with van der Waals surface area (Å²) in [7, 11) is 0. The van der Waals surface area contributed by atoms with Crippen molar-refractivity contribution in [1.82, 2.24) is 4.98 Å². The van der Waals surface area contributed by atoms with Crippen molar-refractivity contribution >= 4 is 16.6 Å². The summed E-state index contributed by atoms with van der Waals surface area (Å²) in [6.07, 6.45) is 1.16. The van der Waals surface area contributed by atoms with E-state index in [9.17, 15) is 18.0 Å². The fraction of sp³-hybridized carbons (Fsp3) is 0.438. The normalized spacial score (nSPS) is 16.9. The van der Waals surface area contributed by atoms with E-state index in [1.807, 2.05) is 0 Å². The number of nitrogens with one attached hydrogen (secondary N) is 2. The Morgan fingerprint density at radius 1 is 1.09 bits per heavy atom. The van der Waals surface area contributed by atoms with Gasteiger partial charge in [0.25, 0.3) is 0 Å². The van der Waals surface area contributed by atoms with Gasteiger partial charge in [-0.2, -0.15) is 13.2 Å². The molecule has 118 valence electrons. The molecule has 2 N–H and O–H groups in total. The summed E-state index contributed by atoms with van der Waals surface area (Å²) in [6.45, 7) is 0. The van der Waals surface area contributed by atoms with Crippen molar-refractivity contribution in [3.8, 4) is 0 Å². The second-order valence-electron chi connectivity index (χ2n) is 5.78. The van der Waals surface area contributed by atoms with Crippen LogP contribution in [0.5, 0.6) is 0 Å². The first kappa shape index (κ1) is 14.9. The number of alkyl halides is 3. The van der Waals surface area contributed by atoms with E-state index in [-0.39, 0.29) is 10.9 Å². The topological polar surface area (TPSA) is 44.9 Å². The first-order chi connectivity index (χ1) is 10.4. The van der Waals surface area contributed by atoms with E-state index in [2.05, 4.69) is 10.3 Å². The largest absolute Gasteiger partial charge is 0.417 e. The van der Waals surface area contributed by atoms with Crippen LogP contribution in [-0.4, -0.2) is 11.0 Å². The van der Waals surface area contributed by atoms with Gasteiger partial charge >= 0.3 is 6.18 Å². The molecule has 3 rings (SSSR count). The highest BCUT2D eigenvalue weighted by Crippen LogP contribution is 2.34. The fourth-order valence-electron chi connectivity index (χ4n) is 3.07. The predicted molar refractivity (Wildman–Crippen MR) is 80.1 cm³/mol. The lowest BCUT2D eigenvalue weighted by atomic mass is 9.95. The highest BCUT2D eigenvalue weighted by atomic mass is 19.4. The van der Waals surface area contributed by atoms with Gasteiger partial charge in [-0.05, 0) is 25.0 Å². The molecule has 0 unspecified atom stereocenters. The average molecular weight is 310 g/mol. The maximum atomic E-state index is 13.0. The molecule has 1 fully saturated rings. The average Bonchev–Trinajstić information content (AvgIpc) is 2.46. The van der Waals surface area contributed by atoms with Crippen LogP contribution in [0.15, 0.2) is 29.1 Å². The maximum Gasteiger partial charge on any atom is 0.417 e. The van der Waals surface area contributed by atoms with E-state index < -0.39 is 17.3 Å². The minimum atomic E-state index is -4.54. The Balaban J connectivity index is 1.97. The molecular weight excluding hydrogens is 293 g/mol. The molecular formula is C16H17F3N2O. The molecule has 22 heavy (non-hydrogen) atoms. The molecule has 0 atom stereocenters. The number of aromatic amines is 1. The zero-order chi connectivity index (χ0) is 15.7. The van der Waals surface area contributed by atoms with Crippen LogP contribution < -0.4 is 10.9 Å². The van der Waals surface area contributed by atoms with Crippen LogP contribution >= 0.6 is 0 Å². The van der Waals surface area contributed by atoms with Gasteiger partial charge in [0.1, 0.15) is 0 Å². The third-order valence-electron chi connectivity index (χ3n) is 4.12. The van der Waals surface area contributed by atoms with Crippen LogP contribution in [0.25, 0.3) is 10.9 Å². The van der Waals surface area contributed by atoms with Gasteiger partial charge in [-0.25, -0.2) is 0 Å². The van der Waals surface area contributed by atoms with Crippen molar-refractivity contribution in [3.05, 3.63) is 40.2 Å². The van der Waals surface area contributed by atoms with Gasteiger partial charge in [0, 0.05) is 23.2 Å². The van der Waals surface area contributed by atoms with E-state index in [0.29, 0.717) is 12.1 Å². The van der Waals surface area contributed by atoms with E-state index >= 15 is 0 Å². The van der Waals surface area contributed by atoms with Crippen molar-refractivity contribution in [1.29, 1.82) is 0 Å². The number of halogens is 3. The molecule has 0 amide bonds. The summed E-state index contributed by atoms with van der Waals surface area (Å²) in [6, 6.07) is 5.60. The van der Waals surface area contributed by atoms with Gasteiger partial charge in [-0.1, -0.05) is 25.3 Å². The molecule has 0 bridgehead atoms. The lowest BCUT2D eigenvalue weighted by Gasteiger charge is -2.24. The number of pyridine rings is 1. The van der Waals surface area contributed by atoms with Gasteiger partial charge in [-0.3, -0.25) is 4.79 Å². The molecule has 1 aliphatic rings. The smallest absolute Gasteiger partial charge is 0.382 e. The Kier molecular flexibility index (Phi) is 3.85. The van der Waals surface area contributed by atoms with Crippen molar-refractivity contribution in [2.45, 2.75) is 44.3 Å². The van der Waals surface area contributed by atoms with Crippen molar-refractivity contribution in [2.75, 3.05) is 5.32 Å². The van der Waals surface area contributed by atoms with Gasteiger partial charge in [-0.15, -0.1) is 0 Å². The highest BCUT2D eigenvalue weighted by molar-refractivity contribution is 5.85. The zero-order valence-corrected chi connectivity index (χ0v) is 12.0. The van der Waals surface area contributed by atoms with Crippen LogP contribution in [-0.2, 0) is 6.18 Å². The second-order valence-corrected chi connectivity index (χ2v) is 5.78. The Hall–Kier alpha value is -1.98. The fourth-order valence-corrected chi connectivity index (χ4v) is 3.07. The van der Waals surface area contributed by atoms with E-state index in [1.54, 1.807) is 12.1 Å². The Morgan fingerprint density at radius 2 is 1.82 bits per heavy atom. The molecule has 0 radical (unpaired) electrons. The van der Waals surface area contributed by atoms with Gasteiger partial charge < -0.3 is 10.3 Å². The van der Waals surface area contributed by atoms with E-state index in [0.717, 1.165) is 18.5 Å². The van der Waals surface area contributed by atoms with Crippen molar-refractivity contribution < 1.29 is 13.2 Å². The number of rotatable bonds is 2. The second kappa shape index (κ2) is 5.66. The lowest BCUT2D eigenvalue weighted by molar-refractivity contribution is -0.136. The van der Waals surface area contributed by atoms with Gasteiger partial charge in [0.05, 0.1) is 11.1 Å². The number of hydrogen-bond donors (Lipinski definition) is 2. The van der Waals surface area contributed by atoms with Crippen LogP contribution in [0.2, 0.25) is 0 Å². The van der Waals surface area contributed by atoms with E-state index in [4.69, 9.17) is 0 Å². The molecule has 1 heterocycles. The first-order valence-corrected chi connectivity index (χ1v) is 7.44. The number of anilines is 1. The monoisotopic (exact) mass is 310 g/mol. The minimum Gasteiger partial charge on any atom is -0.382 e. The first-order valence-electron chi connectivity index (χ1n) is 7.44. The Labute approximate surface area is 125 Å². The van der Waals surface area contributed by atoms with Crippen LogP contribution in [0, 0.1) is 0 Å². The molecule has 1 aromatic heterocycles. The minimum absolute atomic E-state index is 0.0151. The Bertz CT molecular complexity index is 730. The molecule has 6 heteroatoms. The molecule has 1 aromatic carbocycles. The predicted octanol–water partition coefficient (Wildman–Crippen LogP) is 4.29. The lowest BCUT2D eigenvalue weighted by Crippen LogP contribution is -2.22. The van der Waals surface area contributed by atoms with Crippen molar-refractivity contribution in [2.24, 2.45) is 0 Å². The summed E-state index contributed by atoms with van der Waals surface area (Å²) >= 11 is 0. The van der Waals surface area contributed by atoms with Gasteiger partial charge in [0.2, 0.25) is 5.56 Å². The molecule has 1 aliphatic carbocycles. The summed E-state index contributed by atoms with van der Waals surface area (Å²) in [5.74, 6) is 0. The quantitative estimate of drug-likeness (QED) is 0.869. The third kappa shape index (κ3) is 3.10. The SMILES string of the molecule is O=c1cc(C(F)(F)F)c2ccc(NC3CCCCC3)cc2[nH]1. The molecule has 0 spiro atoms. The number of hydrogen-bond acceptors (Lipinski definition) is 2. The number of benzene rings is 1. The summed E-state index contributed by atoms with van der Waals surface area (Å²) in [4.78, 5) is 14.0. The van der Waals surface area contributed by atoms with Crippen LogP contribution in [0.1, 0.15) is 37.7 Å².